The summed E-state index contributed by atoms with van der Waals surface area (Å²) in [5.74, 6) is 1.80. The first-order chi connectivity index (χ1) is 8.11. The molecule has 2 rings (SSSR count). The number of anilines is 1. The highest BCUT2D eigenvalue weighted by molar-refractivity contribution is 7.16. The fourth-order valence-corrected chi connectivity index (χ4v) is 2.35. The summed E-state index contributed by atoms with van der Waals surface area (Å²) in [6.45, 7) is 5.12. The van der Waals surface area contributed by atoms with Crippen LogP contribution in [-0.2, 0) is 6.54 Å². The molecule has 0 radical (unpaired) electrons. The summed E-state index contributed by atoms with van der Waals surface area (Å²) in [6, 6.07) is 2.55. The van der Waals surface area contributed by atoms with Crippen LogP contribution in [-0.4, -0.2) is 35.0 Å². The molecule has 0 spiro atoms. The number of hydrogen-bond donors (Lipinski definition) is 1. The van der Waals surface area contributed by atoms with E-state index in [9.17, 15) is 0 Å². The van der Waals surface area contributed by atoms with Gasteiger partial charge in [-0.2, -0.15) is 0 Å². The zero-order chi connectivity index (χ0) is 12.4. The second-order valence-electron chi connectivity index (χ2n) is 4.39. The molecule has 0 aliphatic carbocycles. The lowest BCUT2D eigenvalue weighted by Gasteiger charge is -2.20. The SMILES string of the molecule is CNc1nc(CN(C)C(C)C)nc2sccc12. The van der Waals surface area contributed by atoms with Gasteiger partial charge in [-0.25, -0.2) is 9.97 Å². The molecule has 0 saturated carbocycles. The molecule has 0 fully saturated rings. The van der Waals surface area contributed by atoms with Gasteiger partial charge in [-0.15, -0.1) is 11.3 Å². The monoisotopic (exact) mass is 250 g/mol. The largest absolute Gasteiger partial charge is 0.372 e. The predicted molar refractivity (Wildman–Crippen MR) is 73.6 cm³/mol. The van der Waals surface area contributed by atoms with Gasteiger partial charge in [0.15, 0.2) is 0 Å². The van der Waals surface area contributed by atoms with Gasteiger partial charge in [0.25, 0.3) is 0 Å². The van der Waals surface area contributed by atoms with E-state index in [2.05, 4.69) is 52.5 Å². The lowest BCUT2D eigenvalue weighted by Crippen LogP contribution is -2.26. The molecule has 0 aliphatic rings. The first-order valence-electron chi connectivity index (χ1n) is 5.74. The van der Waals surface area contributed by atoms with Crippen molar-refractivity contribution in [2.75, 3.05) is 19.4 Å². The summed E-state index contributed by atoms with van der Waals surface area (Å²) < 4.78 is 0. The number of nitrogens with one attached hydrogen (secondary N) is 1. The maximum Gasteiger partial charge on any atom is 0.146 e. The average Bonchev–Trinajstić information content (AvgIpc) is 2.75. The van der Waals surface area contributed by atoms with Gasteiger partial charge in [-0.3, -0.25) is 4.90 Å². The molecule has 2 aromatic rings. The number of hydrogen-bond acceptors (Lipinski definition) is 5. The molecule has 1 N–H and O–H groups in total. The zero-order valence-corrected chi connectivity index (χ0v) is 11.5. The molecule has 0 unspecified atom stereocenters. The summed E-state index contributed by atoms with van der Waals surface area (Å²) in [5, 5.41) is 6.29. The van der Waals surface area contributed by atoms with Crippen molar-refractivity contribution in [1.82, 2.24) is 14.9 Å². The third-order valence-electron chi connectivity index (χ3n) is 2.88. The minimum Gasteiger partial charge on any atom is -0.372 e. The normalized spacial score (nSPS) is 11.6. The van der Waals surface area contributed by atoms with E-state index in [4.69, 9.17) is 0 Å². The molecule has 4 nitrogen and oxygen atoms in total. The Hall–Kier alpha value is -1.20. The van der Waals surface area contributed by atoms with Crippen molar-refractivity contribution in [2.45, 2.75) is 26.4 Å². The number of thiophene rings is 1. The number of fused-ring (bicyclic) bond motifs is 1. The van der Waals surface area contributed by atoms with Crippen LogP contribution in [0.3, 0.4) is 0 Å². The summed E-state index contributed by atoms with van der Waals surface area (Å²) in [7, 11) is 3.99. The molecule has 0 saturated heterocycles. The highest BCUT2D eigenvalue weighted by atomic mass is 32.1. The lowest BCUT2D eigenvalue weighted by atomic mass is 10.3. The number of rotatable bonds is 4. The topological polar surface area (TPSA) is 41.1 Å². The maximum atomic E-state index is 4.59. The van der Waals surface area contributed by atoms with Crippen LogP contribution in [0.4, 0.5) is 5.82 Å². The Morgan fingerprint density at radius 1 is 1.41 bits per heavy atom. The molecular formula is C12H18N4S. The number of nitrogens with zero attached hydrogens (tertiary/aromatic N) is 3. The van der Waals surface area contributed by atoms with Gasteiger partial charge in [0.05, 0.1) is 11.9 Å². The van der Waals surface area contributed by atoms with Crippen LogP contribution in [0.2, 0.25) is 0 Å². The van der Waals surface area contributed by atoms with E-state index in [1.807, 2.05) is 7.05 Å². The van der Waals surface area contributed by atoms with Crippen molar-refractivity contribution in [3.05, 3.63) is 17.3 Å². The maximum absolute atomic E-state index is 4.59. The molecule has 0 aromatic carbocycles. The number of aromatic nitrogens is 2. The van der Waals surface area contributed by atoms with Gasteiger partial charge >= 0.3 is 0 Å². The van der Waals surface area contributed by atoms with Crippen molar-refractivity contribution in [2.24, 2.45) is 0 Å². The third-order valence-corrected chi connectivity index (χ3v) is 3.69. The first kappa shape index (κ1) is 12.3. The minimum atomic E-state index is 0.496. The van der Waals surface area contributed by atoms with Crippen molar-refractivity contribution in [3.63, 3.8) is 0 Å². The van der Waals surface area contributed by atoms with Crippen LogP contribution in [0.5, 0.6) is 0 Å². The summed E-state index contributed by atoms with van der Waals surface area (Å²) in [5.41, 5.74) is 0. The Bertz CT molecular complexity index is 506. The van der Waals surface area contributed by atoms with Crippen molar-refractivity contribution in [3.8, 4) is 0 Å². The zero-order valence-electron chi connectivity index (χ0n) is 10.7. The van der Waals surface area contributed by atoms with Crippen LogP contribution >= 0.6 is 11.3 Å². The van der Waals surface area contributed by atoms with E-state index in [0.717, 1.165) is 28.4 Å². The van der Waals surface area contributed by atoms with Crippen LogP contribution in [0.1, 0.15) is 19.7 Å². The predicted octanol–water partition coefficient (Wildman–Crippen LogP) is 2.57. The molecule has 0 atom stereocenters. The van der Waals surface area contributed by atoms with E-state index in [-0.39, 0.29) is 0 Å². The van der Waals surface area contributed by atoms with E-state index in [0.29, 0.717) is 6.04 Å². The average molecular weight is 250 g/mol. The summed E-state index contributed by atoms with van der Waals surface area (Å²) in [6.07, 6.45) is 0. The van der Waals surface area contributed by atoms with Crippen molar-refractivity contribution < 1.29 is 0 Å². The summed E-state index contributed by atoms with van der Waals surface area (Å²) >= 11 is 1.66. The smallest absolute Gasteiger partial charge is 0.146 e. The van der Waals surface area contributed by atoms with Crippen LogP contribution in [0.15, 0.2) is 11.4 Å². The van der Waals surface area contributed by atoms with Gasteiger partial charge in [-0.1, -0.05) is 0 Å². The molecular weight excluding hydrogens is 232 g/mol. The fraction of sp³-hybridized carbons (Fsp3) is 0.500. The van der Waals surface area contributed by atoms with Crippen LogP contribution < -0.4 is 5.32 Å². The van der Waals surface area contributed by atoms with Gasteiger partial charge in [0, 0.05) is 13.1 Å². The molecule has 0 aliphatic heterocycles. The van der Waals surface area contributed by atoms with Crippen LogP contribution in [0.25, 0.3) is 10.2 Å². The van der Waals surface area contributed by atoms with Gasteiger partial charge in [-0.05, 0) is 32.3 Å². The Balaban J connectivity index is 2.35. The highest BCUT2D eigenvalue weighted by Gasteiger charge is 2.10. The standard InChI is InChI=1S/C12H18N4S/c1-8(2)16(4)7-10-14-11(13-3)9-5-6-17-12(9)15-10/h5-6,8H,7H2,1-4H3,(H,13,14,15). The molecule has 92 valence electrons. The Morgan fingerprint density at radius 2 is 2.18 bits per heavy atom. The molecule has 0 amide bonds. The quantitative estimate of drug-likeness (QED) is 0.905. The van der Waals surface area contributed by atoms with Crippen molar-refractivity contribution in [1.29, 1.82) is 0 Å². The summed E-state index contributed by atoms with van der Waals surface area (Å²) in [4.78, 5) is 12.4. The van der Waals surface area contributed by atoms with Gasteiger partial charge < -0.3 is 5.32 Å². The van der Waals surface area contributed by atoms with E-state index < -0.39 is 0 Å². The first-order valence-corrected chi connectivity index (χ1v) is 6.62. The molecule has 2 aromatic heterocycles. The van der Waals surface area contributed by atoms with E-state index in [1.165, 1.54) is 0 Å². The molecule has 5 heteroatoms. The Kier molecular flexibility index (Phi) is 3.59. The second kappa shape index (κ2) is 4.98. The Labute approximate surface area is 106 Å². The van der Waals surface area contributed by atoms with E-state index >= 15 is 0 Å². The second-order valence-corrected chi connectivity index (χ2v) is 5.28. The minimum absolute atomic E-state index is 0.496. The van der Waals surface area contributed by atoms with E-state index in [1.54, 1.807) is 11.3 Å². The third kappa shape index (κ3) is 2.56. The Morgan fingerprint density at radius 3 is 2.82 bits per heavy atom. The molecule has 2 heterocycles. The van der Waals surface area contributed by atoms with Gasteiger partial charge in [0.1, 0.15) is 16.5 Å². The lowest BCUT2D eigenvalue weighted by molar-refractivity contribution is 0.260. The highest BCUT2D eigenvalue weighted by Crippen LogP contribution is 2.24. The van der Waals surface area contributed by atoms with Crippen molar-refractivity contribution >= 4 is 27.4 Å². The van der Waals surface area contributed by atoms with Crippen LogP contribution in [0, 0.1) is 0 Å². The fourth-order valence-electron chi connectivity index (χ4n) is 1.57. The van der Waals surface area contributed by atoms with Gasteiger partial charge in [0.2, 0.25) is 0 Å². The molecule has 0 bridgehead atoms. The molecule has 17 heavy (non-hydrogen) atoms.